The average Bonchev–Trinajstić information content (AvgIpc) is 2.06. The van der Waals surface area contributed by atoms with Crippen LogP contribution < -0.4 is 57.1 Å². The molecule has 0 radical (unpaired) electrons. The molecule has 1 aromatic rings. The fourth-order valence-corrected chi connectivity index (χ4v) is 0.892. The summed E-state index contributed by atoms with van der Waals surface area (Å²) in [6, 6.07) is 0. The van der Waals surface area contributed by atoms with Gasteiger partial charge < -0.3 is 17.5 Å². The summed E-state index contributed by atoms with van der Waals surface area (Å²) < 4.78 is 36.0. The van der Waals surface area contributed by atoms with E-state index in [1.165, 1.54) is 0 Å². The normalized spacial score (nSPS) is 10.7. The predicted molar refractivity (Wildman–Crippen MR) is 44.2 cm³/mol. The van der Waals surface area contributed by atoms with Crippen molar-refractivity contribution in [3.05, 3.63) is 33.0 Å². The van der Waals surface area contributed by atoms with E-state index in [1.54, 1.807) is 0 Å². The van der Waals surface area contributed by atoms with Gasteiger partial charge in [0, 0.05) is 0 Å². The minimum atomic E-state index is -5.24. The molecule has 0 aliphatic rings. The second-order valence-corrected chi connectivity index (χ2v) is 2.71. The van der Waals surface area contributed by atoms with Crippen LogP contribution in [0.5, 0.6) is 0 Å². The molecule has 1 heterocycles. The van der Waals surface area contributed by atoms with E-state index >= 15 is 0 Å². The average molecular weight is 261 g/mol. The van der Waals surface area contributed by atoms with E-state index in [-0.39, 0.29) is 56.0 Å². The molecule has 0 N–H and O–H groups in total. The van der Waals surface area contributed by atoms with Crippen LogP contribution in [0.15, 0.2) is 17.2 Å². The van der Waals surface area contributed by atoms with Crippen molar-refractivity contribution in [3.63, 3.8) is 0 Å². The second kappa shape index (κ2) is 5.91. The first kappa shape index (κ1) is 15.8. The molecule has 0 amide bonds. The van der Waals surface area contributed by atoms with E-state index in [4.69, 9.17) is 0 Å². The number of halogens is 3. The van der Waals surface area contributed by atoms with Gasteiger partial charge in [-0.3, -0.25) is 10.1 Å². The van der Waals surface area contributed by atoms with Crippen molar-refractivity contribution in [1.29, 1.82) is 0 Å². The van der Waals surface area contributed by atoms with Crippen LogP contribution in [-0.2, 0) is 6.44 Å². The van der Waals surface area contributed by atoms with Gasteiger partial charge in [-0.1, -0.05) is 0 Å². The van der Waals surface area contributed by atoms with Gasteiger partial charge in [-0.05, 0) is 6.44 Å². The van der Waals surface area contributed by atoms with E-state index in [9.17, 15) is 27.9 Å². The SMILES string of the molecule is O=c1ncc([N+](=O)[O-])cn1C[B-](F)(F)F.[K+]. The maximum Gasteiger partial charge on any atom is 1.00 e. The Balaban J connectivity index is 0.00000225. The van der Waals surface area contributed by atoms with Crippen molar-refractivity contribution in [2.45, 2.75) is 6.44 Å². The molecule has 1 aromatic heterocycles. The molecular formula is C5H4BF3KN3O3. The summed E-state index contributed by atoms with van der Waals surface area (Å²) in [5.41, 5.74) is -1.82. The topological polar surface area (TPSA) is 78.0 Å². The number of nitrogens with zero attached hydrogens (tertiary/aromatic N) is 3. The van der Waals surface area contributed by atoms with Crippen molar-refractivity contribution >= 4 is 12.7 Å². The quantitative estimate of drug-likeness (QED) is 0.343. The van der Waals surface area contributed by atoms with Crippen LogP contribution in [0.2, 0.25) is 0 Å². The largest absolute Gasteiger partial charge is 1.00 e. The van der Waals surface area contributed by atoms with Crippen molar-refractivity contribution in [3.8, 4) is 0 Å². The maximum atomic E-state index is 12.0. The first-order chi connectivity index (χ1) is 6.79. The molecule has 0 fully saturated rings. The van der Waals surface area contributed by atoms with E-state index < -0.39 is 29.7 Å². The van der Waals surface area contributed by atoms with E-state index in [0.29, 0.717) is 12.4 Å². The van der Waals surface area contributed by atoms with Gasteiger partial charge in [-0.2, -0.15) is 4.98 Å². The van der Waals surface area contributed by atoms with Gasteiger partial charge in [0.25, 0.3) is 0 Å². The summed E-state index contributed by atoms with van der Waals surface area (Å²) in [5.74, 6) is 0. The van der Waals surface area contributed by atoms with Crippen LogP contribution in [0.25, 0.3) is 0 Å². The third-order valence-electron chi connectivity index (χ3n) is 1.46. The standard InChI is InChI=1S/C5H4BF3N3O3.K/c7-6(8,9)3-11-2-4(12(14)15)1-10-5(11)13;/h1-2H,3H2;/q-1;+1. The number of hydrogen-bond donors (Lipinski definition) is 0. The van der Waals surface area contributed by atoms with Crippen molar-refractivity contribution < 1.29 is 69.3 Å². The van der Waals surface area contributed by atoms with E-state index in [2.05, 4.69) is 4.98 Å². The molecule has 1 rings (SSSR count). The molecule has 0 aliphatic carbocycles. The fourth-order valence-electron chi connectivity index (χ4n) is 0.892. The monoisotopic (exact) mass is 261 g/mol. The zero-order valence-electron chi connectivity index (χ0n) is 8.14. The Hall–Kier alpha value is -0.229. The number of rotatable bonds is 3. The Morgan fingerprint density at radius 2 is 2.06 bits per heavy atom. The van der Waals surface area contributed by atoms with Crippen LogP contribution in [-0.4, -0.2) is 21.5 Å². The summed E-state index contributed by atoms with van der Waals surface area (Å²) >= 11 is 0. The van der Waals surface area contributed by atoms with Crippen molar-refractivity contribution in [2.24, 2.45) is 0 Å². The van der Waals surface area contributed by atoms with Crippen molar-refractivity contribution in [2.75, 3.05) is 0 Å². The Labute approximate surface area is 129 Å². The van der Waals surface area contributed by atoms with Crippen LogP contribution in [0.4, 0.5) is 18.6 Å². The van der Waals surface area contributed by atoms with Crippen LogP contribution in [0, 0.1) is 10.1 Å². The van der Waals surface area contributed by atoms with Gasteiger partial charge in [0.2, 0.25) is 0 Å². The van der Waals surface area contributed by atoms with Gasteiger partial charge in [0.05, 0.1) is 11.1 Å². The first-order valence-electron chi connectivity index (χ1n) is 3.71. The summed E-state index contributed by atoms with van der Waals surface area (Å²) in [6.07, 6.45) is -0.402. The van der Waals surface area contributed by atoms with Gasteiger partial charge >= 0.3 is 69.7 Å². The number of nitro groups is 1. The Morgan fingerprint density at radius 1 is 1.50 bits per heavy atom. The third-order valence-corrected chi connectivity index (χ3v) is 1.46. The van der Waals surface area contributed by atoms with Crippen LogP contribution in [0.1, 0.15) is 0 Å². The van der Waals surface area contributed by atoms with Crippen molar-refractivity contribution in [1.82, 2.24) is 9.55 Å². The fraction of sp³-hybridized carbons (Fsp3) is 0.200. The molecule has 82 valence electrons. The van der Waals surface area contributed by atoms with Crippen LogP contribution >= 0.6 is 0 Å². The molecule has 0 aliphatic heterocycles. The molecular weight excluding hydrogens is 257 g/mol. The molecule has 0 bridgehead atoms. The Bertz CT molecular complexity index is 449. The minimum absolute atomic E-state index is 0. The molecule has 11 heteroatoms. The first-order valence-corrected chi connectivity index (χ1v) is 3.71. The summed E-state index contributed by atoms with van der Waals surface area (Å²) in [4.78, 5) is 23.1. The van der Waals surface area contributed by atoms with E-state index in [1.807, 2.05) is 0 Å². The van der Waals surface area contributed by atoms with E-state index in [0.717, 1.165) is 0 Å². The summed E-state index contributed by atoms with van der Waals surface area (Å²) in [6.45, 7) is -5.24. The molecule has 6 nitrogen and oxygen atoms in total. The molecule has 0 saturated heterocycles. The van der Waals surface area contributed by atoms with Gasteiger partial charge in [-0.25, -0.2) is 4.79 Å². The molecule has 0 unspecified atom stereocenters. The third kappa shape index (κ3) is 4.74. The zero-order chi connectivity index (χ0) is 11.6. The summed E-state index contributed by atoms with van der Waals surface area (Å²) in [7, 11) is 0. The molecule has 0 aromatic carbocycles. The Morgan fingerprint density at radius 3 is 2.50 bits per heavy atom. The van der Waals surface area contributed by atoms with Gasteiger partial charge in [0.1, 0.15) is 6.20 Å². The molecule has 0 atom stereocenters. The zero-order valence-corrected chi connectivity index (χ0v) is 11.3. The number of hydrogen-bond acceptors (Lipinski definition) is 4. The van der Waals surface area contributed by atoms with Gasteiger partial charge in [0.15, 0.2) is 0 Å². The Kier molecular flexibility index (Phi) is 5.83. The predicted octanol–water partition coefficient (Wildman–Crippen LogP) is -2.46. The van der Waals surface area contributed by atoms with Gasteiger partial charge in [-0.15, -0.1) is 0 Å². The smallest absolute Gasteiger partial charge is 0.448 e. The second-order valence-electron chi connectivity index (χ2n) is 2.71. The maximum absolute atomic E-state index is 12.0. The molecule has 0 saturated carbocycles. The molecule has 16 heavy (non-hydrogen) atoms. The minimum Gasteiger partial charge on any atom is -0.448 e. The molecule has 0 spiro atoms. The summed E-state index contributed by atoms with van der Waals surface area (Å²) in [5, 5.41) is 10.2. The van der Waals surface area contributed by atoms with Crippen LogP contribution in [0.3, 0.4) is 0 Å². The number of aromatic nitrogens is 2.